The molecule has 0 aliphatic heterocycles. The maximum atomic E-state index is 10.4. The number of nitro benzene ring substituents is 1. The number of benzene rings is 1. The number of hydrogen-bond donors (Lipinski definition) is 1. The van der Waals surface area contributed by atoms with Gasteiger partial charge in [-0.1, -0.05) is 12.1 Å². The highest BCUT2D eigenvalue weighted by Gasteiger charge is 2.11. The molecule has 5 heteroatoms. The Morgan fingerprint density at radius 3 is 2.93 bits per heavy atom. The molecular weight excluding hydrogens is 186 g/mol. The summed E-state index contributed by atoms with van der Waals surface area (Å²) >= 11 is 0. The summed E-state index contributed by atoms with van der Waals surface area (Å²) in [6, 6.07) is 5.87. The average Bonchev–Trinajstić information content (AvgIpc) is 2.18. The van der Waals surface area contributed by atoms with E-state index in [1.165, 1.54) is 25.3 Å². The van der Waals surface area contributed by atoms with Crippen molar-refractivity contribution in [1.82, 2.24) is 0 Å². The smallest absolute Gasteiger partial charge is 0.269 e. The third kappa shape index (κ3) is 2.51. The van der Waals surface area contributed by atoms with Gasteiger partial charge in [0.2, 0.25) is 0 Å². The van der Waals surface area contributed by atoms with Crippen LogP contribution in [-0.4, -0.2) is 23.7 Å². The maximum Gasteiger partial charge on any atom is 0.269 e. The topological polar surface area (TPSA) is 72.6 Å². The van der Waals surface area contributed by atoms with Crippen molar-refractivity contribution in [3.63, 3.8) is 0 Å². The highest BCUT2D eigenvalue weighted by molar-refractivity contribution is 5.35. The summed E-state index contributed by atoms with van der Waals surface area (Å²) in [5.41, 5.74) is 0.457. The van der Waals surface area contributed by atoms with Gasteiger partial charge in [0.15, 0.2) is 0 Å². The number of non-ortho nitro benzene ring substituents is 1. The van der Waals surface area contributed by atoms with E-state index in [-0.39, 0.29) is 12.3 Å². The molecule has 0 spiro atoms. The third-order valence-electron chi connectivity index (χ3n) is 1.79. The van der Waals surface area contributed by atoms with Crippen LogP contribution in [0.1, 0.15) is 11.7 Å². The fourth-order valence-electron chi connectivity index (χ4n) is 1.10. The van der Waals surface area contributed by atoms with E-state index in [0.29, 0.717) is 5.56 Å². The molecule has 76 valence electrons. The van der Waals surface area contributed by atoms with Crippen molar-refractivity contribution in [3.8, 4) is 0 Å². The number of nitrogens with zero attached hydrogens (tertiary/aromatic N) is 1. The predicted octanol–water partition coefficient (Wildman–Crippen LogP) is 1.27. The molecule has 0 heterocycles. The summed E-state index contributed by atoms with van der Waals surface area (Å²) < 4.78 is 4.74. The number of aliphatic hydroxyl groups is 1. The molecule has 0 fully saturated rings. The summed E-state index contributed by atoms with van der Waals surface area (Å²) in [4.78, 5) is 9.93. The minimum atomic E-state index is -0.820. The molecule has 1 unspecified atom stereocenters. The van der Waals surface area contributed by atoms with Crippen molar-refractivity contribution in [3.05, 3.63) is 39.9 Å². The van der Waals surface area contributed by atoms with Gasteiger partial charge in [-0.3, -0.25) is 10.1 Å². The van der Waals surface area contributed by atoms with Crippen molar-refractivity contribution in [1.29, 1.82) is 0 Å². The van der Waals surface area contributed by atoms with E-state index in [1.807, 2.05) is 0 Å². The number of ether oxygens (including phenoxy) is 1. The van der Waals surface area contributed by atoms with Crippen LogP contribution in [0.15, 0.2) is 24.3 Å². The summed E-state index contributed by atoms with van der Waals surface area (Å²) in [5.74, 6) is 0. The van der Waals surface area contributed by atoms with Crippen LogP contribution in [0.5, 0.6) is 0 Å². The van der Waals surface area contributed by atoms with E-state index in [4.69, 9.17) is 4.74 Å². The summed E-state index contributed by atoms with van der Waals surface area (Å²) in [5, 5.41) is 19.9. The normalized spacial score (nSPS) is 12.4. The number of hydrogen-bond acceptors (Lipinski definition) is 4. The van der Waals surface area contributed by atoms with Crippen LogP contribution >= 0.6 is 0 Å². The molecular formula is C9H11NO4. The fraction of sp³-hybridized carbons (Fsp3) is 0.333. The minimum absolute atomic E-state index is 0.0300. The second-order valence-electron chi connectivity index (χ2n) is 2.82. The highest BCUT2D eigenvalue weighted by Crippen LogP contribution is 2.18. The number of nitro groups is 1. The number of rotatable bonds is 4. The first-order valence-electron chi connectivity index (χ1n) is 4.06. The fourth-order valence-corrected chi connectivity index (χ4v) is 1.10. The second kappa shape index (κ2) is 4.69. The Balaban J connectivity index is 2.87. The van der Waals surface area contributed by atoms with Crippen LogP contribution in [0.25, 0.3) is 0 Å². The van der Waals surface area contributed by atoms with E-state index in [0.717, 1.165) is 0 Å². The van der Waals surface area contributed by atoms with E-state index >= 15 is 0 Å². The largest absolute Gasteiger partial charge is 0.386 e. The van der Waals surface area contributed by atoms with Gasteiger partial charge in [-0.15, -0.1) is 0 Å². The lowest BCUT2D eigenvalue weighted by atomic mass is 10.1. The lowest BCUT2D eigenvalue weighted by Gasteiger charge is -2.08. The Bertz CT molecular complexity index is 326. The SMILES string of the molecule is COCC(O)c1cccc([N+](=O)[O-])c1. The zero-order chi connectivity index (χ0) is 10.6. The molecule has 1 atom stereocenters. The van der Waals surface area contributed by atoms with E-state index in [1.54, 1.807) is 6.07 Å². The minimum Gasteiger partial charge on any atom is -0.386 e. The highest BCUT2D eigenvalue weighted by atomic mass is 16.6. The zero-order valence-electron chi connectivity index (χ0n) is 7.71. The third-order valence-corrected chi connectivity index (χ3v) is 1.79. The molecule has 0 aliphatic carbocycles. The monoisotopic (exact) mass is 197 g/mol. The molecule has 0 bridgehead atoms. The molecule has 0 saturated heterocycles. The maximum absolute atomic E-state index is 10.4. The van der Waals surface area contributed by atoms with Crippen LogP contribution in [0.4, 0.5) is 5.69 Å². The standard InChI is InChI=1S/C9H11NO4/c1-14-6-9(11)7-3-2-4-8(5-7)10(12)13/h2-5,9,11H,6H2,1H3. The van der Waals surface area contributed by atoms with Crippen molar-refractivity contribution < 1.29 is 14.8 Å². The summed E-state index contributed by atoms with van der Waals surface area (Å²) in [6.07, 6.45) is -0.820. The Morgan fingerprint density at radius 1 is 1.64 bits per heavy atom. The van der Waals surface area contributed by atoms with Crippen LogP contribution in [-0.2, 0) is 4.74 Å². The van der Waals surface area contributed by atoms with Gasteiger partial charge >= 0.3 is 0 Å². The van der Waals surface area contributed by atoms with Gasteiger partial charge in [-0.2, -0.15) is 0 Å². The Hall–Kier alpha value is -1.46. The predicted molar refractivity (Wildman–Crippen MR) is 49.9 cm³/mol. The summed E-state index contributed by atoms with van der Waals surface area (Å²) in [6.45, 7) is 0.126. The first-order chi connectivity index (χ1) is 6.65. The van der Waals surface area contributed by atoms with Crippen LogP contribution in [0.3, 0.4) is 0 Å². The van der Waals surface area contributed by atoms with Crippen molar-refractivity contribution >= 4 is 5.69 Å². The Morgan fingerprint density at radius 2 is 2.36 bits per heavy atom. The summed E-state index contributed by atoms with van der Waals surface area (Å²) in [7, 11) is 1.46. The molecule has 0 radical (unpaired) electrons. The molecule has 0 aliphatic rings. The van der Waals surface area contributed by atoms with E-state index in [9.17, 15) is 15.2 Å². The molecule has 5 nitrogen and oxygen atoms in total. The van der Waals surface area contributed by atoms with Crippen molar-refractivity contribution in [2.75, 3.05) is 13.7 Å². The van der Waals surface area contributed by atoms with Gasteiger partial charge < -0.3 is 9.84 Å². The van der Waals surface area contributed by atoms with E-state index in [2.05, 4.69) is 0 Å². The molecule has 1 aromatic carbocycles. The lowest BCUT2D eigenvalue weighted by molar-refractivity contribution is -0.385. The Kier molecular flexibility index (Phi) is 3.55. The van der Waals surface area contributed by atoms with Gasteiger partial charge in [-0.25, -0.2) is 0 Å². The first-order valence-corrected chi connectivity index (χ1v) is 4.06. The lowest BCUT2D eigenvalue weighted by Crippen LogP contribution is -2.05. The van der Waals surface area contributed by atoms with Crippen LogP contribution in [0.2, 0.25) is 0 Å². The van der Waals surface area contributed by atoms with Crippen molar-refractivity contribution in [2.24, 2.45) is 0 Å². The molecule has 14 heavy (non-hydrogen) atoms. The van der Waals surface area contributed by atoms with Crippen molar-refractivity contribution in [2.45, 2.75) is 6.10 Å². The zero-order valence-corrected chi connectivity index (χ0v) is 7.71. The van der Waals surface area contributed by atoms with Gasteiger partial charge in [0, 0.05) is 19.2 Å². The first kappa shape index (κ1) is 10.6. The number of methoxy groups -OCH3 is 1. The molecule has 1 N–H and O–H groups in total. The van der Waals surface area contributed by atoms with Gasteiger partial charge in [0.05, 0.1) is 11.5 Å². The number of aliphatic hydroxyl groups excluding tert-OH is 1. The van der Waals surface area contributed by atoms with Gasteiger partial charge in [-0.05, 0) is 5.56 Å². The van der Waals surface area contributed by atoms with E-state index < -0.39 is 11.0 Å². The molecule has 0 saturated carbocycles. The molecule has 0 amide bonds. The molecule has 1 aromatic rings. The second-order valence-corrected chi connectivity index (χ2v) is 2.82. The van der Waals surface area contributed by atoms with Gasteiger partial charge in [0.25, 0.3) is 5.69 Å². The molecule has 0 aromatic heterocycles. The van der Waals surface area contributed by atoms with Gasteiger partial charge in [0.1, 0.15) is 6.10 Å². The van der Waals surface area contributed by atoms with Crippen LogP contribution in [0, 0.1) is 10.1 Å². The quantitative estimate of drug-likeness (QED) is 0.582. The Labute approximate surface area is 81.1 Å². The molecule has 1 rings (SSSR count). The average molecular weight is 197 g/mol. The van der Waals surface area contributed by atoms with Crippen LogP contribution < -0.4 is 0 Å².